The molecule has 1 aromatic rings. The van der Waals surface area contributed by atoms with Crippen LogP contribution in [-0.2, 0) is 9.53 Å². The first kappa shape index (κ1) is 17.3. The molecule has 2 amide bonds. The third-order valence-corrected chi connectivity index (χ3v) is 5.65. The summed E-state index contributed by atoms with van der Waals surface area (Å²) >= 11 is 0. The molecule has 7 nitrogen and oxygen atoms in total. The lowest BCUT2D eigenvalue weighted by molar-refractivity contribution is -0.131. The third kappa shape index (κ3) is 3.28. The Morgan fingerprint density at radius 1 is 1.27 bits per heavy atom. The van der Waals surface area contributed by atoms with Crippen LogP contribution in [0, 0.1) is 5.92 Å². The van der Waals surface area contributed by atoms with Gasteiger partial charge in [-0.25, -0.2) is 4.98 Å². The summed E-state index contributed by atoms with van der Waals surface area (Å²) in [6.45, 7) is 3.59. The van der Waals surface area contributed by atoms with Crippen molar-refractivity contribution in [1.29, 1.82) is 0 Å². The molecule has 1 aromatic heterocycles. The third-order valence-electron chi connectivity index (χ3n) is 5.65. The Bertz CT molecular complexity index is 679. The molecule has 1 spiro atoms. The minimum atomic E-state index is -0.258. The maximum atomic E-state index is 12.5. The van der Waals surface area contributed by atoms with Crippen molar-refractivity contribution in [3.63, 3.8) is 0 Å². The maximum absolute atomic E-state index is 12.5. The number of aromatic nitrogens is 1. The zero-order chi connectivity index (χ0) is 18.1. The Morgan fingerprint density at radius 3 is 2.69 bits per heavy atom. The number of hydrogen-bond donors (Lipinski definition) is 0. The summed E-state index contributed by atoms with van der Waals surface area (Å²) in [6.07, 6.45) is 5.21. The second-order valence-corrected chi connectivity index (χ2v) is 7.61. The van der Waals surface area contributed by atoms with Gasteiger partial charge in [0.05, 0.1) is 32.4 Å². The summed E-state index contributed by atoms with van der Waals surface area (Å²) in [5, 5.41) is 0. The summed E-state index contributed by atoms with van der Waals surface area (Å²) in [5.41, 5.74) is 0.297. The average Bonchev–Trinajstić information content (AvgIpc) is 3.30. The highest BCUT2D eigenvalue weighted by molar-refractivity contribution is 5.94. The SMILES string of the molecule is COc1ccc(C(=O)N2CC3(CC(CC(=O)N4CCCC4)CO3)C2)cn1. The highest BCUT2D eigenvalue weighted by atomic mass is 16.5. The van der Waals surface area contributed by atoms with Gasteiger partial charge in [0.1, 0.15) is 5.60 Å². The lowest BCUT2D eigenvalue weighted by atomic mass is 9.85. The monoisotopic (exact) mass is 359 g/mol. The lowest BCUT2D eigenvalue weighted by Crippen LogP contribution is -2.63. The van der Waals surface area contributed by atoms with Crippen molar-refractivity contribution in [2.75, 3.05) is 39.9 Å². The molecule has 3 saturated heterocycles. The van der Waals surface area contributed by atoms with Crippen molar-refractivity contribution in [2.24, 2.45) is 5.92 Å². The molecule has 1 atom stereocenters. The molecule has 3 aliphatic heterocycles. The van der Waals surface area contributed by atoms with Gasteiger partial charge in [-0.3, -0.25) is 9.59 Å². The Balaban J connectivity index is 1.28. The molecule has 0 aromatic carbocycles. The number of nitrogens with zero attached hydrogens (tertiary/aromatic N) is 3. The molecule has 0 saturated carbocycles. The molecule has 26 heavy (non-hydrogen) atoms. The van der Waals surface area contributed by atoms with E-state index >= 15 is 0 Å². The van der Waals surface area contributed by atoms with Gasteiger partial charge in [0.15, 0.2) is 0 Å². The Hall–Kier alpha value is -2.15. The number of ether oxygens (including phenoxy) is 2. The van der Waals surface area contributed by atoms with Crippen LogP contribution in [0.15, 0.2) is 18.3 Å². The summed E-state index contributed by atoms with van der Waals surface area (Å²) in [6, 6.07) is 3.42. The van der Waals surface area contributed by atoms with E-state index in [9.17, 15) is 9.59 Å². The normalized spacial score (nSPS) is 24.0. The first-order valence-corrected chi connectivity index (χ1v) is 9.30. The van der Waals surface area contributed by atoms with Gasteiger partial charge in [0, 0.05) is 31.8 Å². The Kier molecular flexibility index (Phi) is 4.56. The number of amides is 2. The fraction of sp³-hybridized carbons (Fsp3) is 0.632. The number of carbonyl (C=O) groups is 2. The van der Waals surface area contributed by atoms with Gasteiger partial charge < -0.3 is 19.3 Å². The predicted molar refractivity (Wildman–Crippen MR) is 93.9 cm³/mol. The number of carbonyl (C=O) groups excluding carboxylic acids is 2. The van der Waals surface area contributed by atoms with E-state index in [0.717, 1.165) is 32.4 Å². The second-order valence-electron chi connectivity index (χ2n) is 7.61. The number of likely N-dealkylation sites (tertiary alicyclic amines) is 2. The fourth-order valence-corrected chi connectivity index (χ4v) is 4.24. The quantitative estimate of drug-likeness (QED) is 0.811. The summed E-state index contributed by atoms with van der Waals surface area (Å²) in [5.74, 6) is 0.977. The maximum Gasteiger partial charge on any atom is 0.255 e. The van der Waals surface area contributed by atoms with Crippen LogP contribution in [0.1, 0.15) is 36.0 Å². The molecule has 4 heterocycles. The number of rotatable bonds is 4. The Labute approximate surface area is 153 Å². The lowest BCUT2D eigenvalue weighted by Gasteiger charge is -2.47. The molecule has 140 valence electrons. The first-order chi connectivity index (χ1) is 12.6. The largest absolute Gasteiger partial charge is 0.481 e. The van der Waals surface area contributed by atoms with Crippen molar-refractivity contribution in [3.8, 4) is 5.88 Å². The molecule has 3 fully saturated rings. The van der Waals surface area contributed by atoms with Crippen LogP contribution in [-0.4, -0.2) is 72.1 Å². The average molecular weight is 359 g/mol. The van der Waals surface area contributed by atoms with E-state index in [2.05, 4.69) is 4.98 Å². The van der Waals surface area contributed by atoms with Crippen LogP contribution in [0.5, 0.6) is 5.88 Å². The number of pyridine rings is 1. The molecule has 3 aliphatic rings. The smallest absolute Gasteiger partial charge is 0.255 e. The van der Waals surface area contributed by atoms with Gasteiger partial charge in [-0.1, -0.05) is 0 Å². The van der Waals surface area contributed by atoms with Gasteiger partial charge in [-0.15, -0.1) is 0 Å². The summed E-state index contributed by atoms with van der Waals surface area (Å²) < 4.78 is 11.0. The summed E-state index contributed by atoms with van der Waals surface area (Å²) in [4.78, 5) is 32.7. The molecular formula is C19H25N3O4. The standard InChI is InChI=1S/C19H25N3O4/c1-25-16-5-4-15(10-20-16)18(24)22-12-19(13-22)9-14(11-26-19)8-17(23)21-6-2-3-7-21/h4-5,10,14H,2-3,6-9,11-13H2,1H3. The highest BCUT2D eigenvalue weighted by Crippen LogP contribution is 2.40. The van der Waals surface area contributed by atoms with E-state index in [0.29, 0.717) is 37.6 Å². The molecule has 7 heteroatoms. The van der Waals surface area contributed by atoms with Crippen molar-refractivity contribution < 1.29 is 19.1 Å². The summed E-state index contributed by atoms with van der Waals surface area (Å²) in [7, 11) is 1.55. The molecule has 0 N–H and O–H groups in total. The van der Waals surface area contributed by atoms with E-state index in [-0.39, 0.29) is 23.3 Å². The number of hydrogen-bond acceptors (Lipinski definition) is 5. The van der Waals surface area contributed by atoms with Crippen molar-refractivity contribution in [2.45, 2.75) is 31.3 Å². The van der Waals surface area contributed by atoms with E-state index in [4.69, 9.17) is 9.47 Å². The second kappa shape index (κ2) is 6.87. The highest BCUT2D eigenvalue weighted by Gasteiger charge is 2.51. The van der Waals surface area contributed by atoms with Crippen molar-refractivity contribution in [3.05, 3.63) is 23.9 Å². The van der Waals surface area contributed by atoms with Crippen LogP contribution < -0.4 is 4.74 Å². The van der Waals surface area contributed by atoms with E-state index in [1.165, 1.54) is 0 Å². The van der Waals surface area contributed by atoms with E-state index in [1.54, 1.807) is 30.3 Å². The Morgan fingerprint density at radius 2 is 2.04 bits per heavy atom. The van der Waals surface area contributed by atoms with Gasteiger partial charge in [-0.2, -0.15) is 0 Å². The van der Waals surface area contributed by atoms with Crippen LogP contribution in [0.4, 0.5) is 0 Å². The minimum Gasteiger partial charge on any atom is -0.481 e. The van der Waals surface area contributed by atoms with Crippen molar-refractivity contribution in [1.82, 2.24) is 14.8 Å². The van der Waals surface area contributed by atoms with E-state index < -0.39 is 0 Å². The molecule has 0 bridgehead atoms. The number of methoxy groups -OCH3 is 1. The van der Waals surface area contributed by atoms with Crippen LogP contribution >= 0.6 is 0 Å². The zero-order valence-corrected chi connectivity index (χ0v) is 15.1. The first-order valence-electron chi connectivity index (χ1n) is 9.30. The van der Waals surface area contributed by atoms with Crippen LogP contribution in [0.3, 0.4) is 0 Å². The zero-order valence-electron chi connectivity index (χ0n) is 15.1. The minimum absolute atomic E-state index is 0.0361. The molecular weight excluding hydrogens is 334 g/mol. The molecule has 0 aliphatic carbocycles. The molecule has 0 radical (unpaired) electrons. The predicted octanol–water partition coefficient (Wildman–Crippen LogP) is 1.33. The van der Waals surface area contributed by atoms with Crippen molar-refractivity contribution >= 4 is 11.8 Å². The molecule has 1 unspecified atom stereocenters. The molecule has 4 rings (SSSR count). The fourth-order valence-electron chi connectivity index (χ4n) is 4.24. The van der Waals surface area contributed by atoms with Crippen LogP contribution in [0.25, 0.3) is 0 Å². The van der Waals surface area contributed by atoms with Gasteiger partial charge in [-0.05, 0) is 31.2 Å². The van der Waals surface area contributed by atoms with Gasteiger partial charge in [0.2, 0.25) is 11.8 Å². The van der Waals surface area contributed by atoms with E-state index in [1.807, 2.05) is 4.90 Å². The van der Waals surface area contributed by atoms with Gasteiger partial charge >= 0.3 is 0 Å². The van der Waals surface area contributed by atoms with Gasteiger partial charge in [0.25, 0.3) is 5.91 Å². The topological polar surface area (TPSA) is 72.0 Å². The van der Waals surface area contributed by atoms with Crippen LogP contribution in [0.2, 0.25) is 0 Å².